The molecule has 0 spiro atoms. The SMILES string of the molecule is CCCOc1ccc(S(=O)(=O)NCC(O)c2csc3ccccc23)cc1C. The summed E-state index contributed by atoms with van der Waals surface area (Å²) in [5.74, 6) is 0.681. The van der Waals surface area contributed by atoms with Crippen molar-refractivity contribution in [2.45, 2.75) is 31.3 Å². The van der Waals surface area contributed by atoms with Gasteiger partial charge in [-0.25, -0.2) is 13.1 Å². The number of aliphatic hydroxyl groups is 1. The van der Waals surface area contributed by atoms with Gasteiger partial charge >= 0.3 is 0 Å². The molecule has 1 atom stereocenters. The summed E-state index contributed by atoms with van der Waals surface area (Å²) in [5, 5.41) is 13.3. The van der Waals surface area contributed by atoms with Crippen LogP contribution in [0.5, 0.6) is 5.75 Å². The molecule has 5 nitrogen and oxygen atoms in total. The smallest absolute Gasteiger partial charge is 0.240 e. The van der Waals surface area contributed by atoms with Crippen LogP contribution in [0.3, 0.4) is 0 Å². The third kappa shape index (κ3) is 4.50. The normalized spacial score (nSPS) is 13.0. The number of thiophene rings is 1. The van der Waals surface area contributed by atoms with Crippen molar-refractivity contribution in [1.29, 1.82) is 0 Å². The molecule has 1 unspecified atom stereocenters. The Labute approximate surface area is 163 Å². The van der Waals surface area contributed by atoms with Crippen LogP contribution < -0.4 is 9.46 Å². The topological polar surface area (TPSA) is 75.6 Å². The van der Waals surface area contributed by atoms with Gasteiger partial charge in [0.15, 0.2) is 0 Å². The number of aliphatic hydroxyl groups excluding tert-OH is 1. The Bertz CT molecular complexity index is 1030. The summed E-state index contributed by atoms with van der Waals surface area (Å²) in [4.78, 5) is 0.159. The van der Waals surface area contributed by atoms with E-state index in [4.69, 9.17) is 4.74 Å². The van der Waals surface area contributed by atoms with E-state index in [1.807, 2.05) is 43.5 Å². The molecular weight excluding hydrogens is 382 g/mol. The molecule has 3 aromatic rings. The number of sulfonamides is 1. The van der Waals surface area contributed by atoms with E-state index in [9.17, 15) is 13.5 Å². The van der Waals surface area contributed by atoms with E-state index in [0.717, 1.165) is 27.6 Å². The lowest BCUT2D eigenvalue weighted by molar-refractivity contribution is 0.184. The monoisotopic (exact) mass is 405 g/mol. The Kier molecular flexibility index (Phi) is 6.16. The third-order valence-corrected chi connectivity index (χ3v) is 6.66. The fourth-order valence-corrected chi connectivity index (χ4v) is 4.93. The molecule has 0 saturated carbocycles. The van der Waals surface area contributed by atoms with Crippen molar-refractivity contribution in [3.05, 3.63) is 59.0 Å². The molecule has 144 valence electrons. The first-order valence-electron chi connectivity index (χ1n) is 8.79. The van der Waals surface area contributed by atoms with Crippen LogP contribution in [0.2, 0.25) is 0 Å². The number of ether oxygens (including phenoxy) is 1. The highest BCUT2D eigenvalue weighted by Crippen LogP contribution is 2.30. The van der Waals surface area contributed by atoms with E-state index in [1.54, 1.807) is 12.1 Å². The van der Waals surface area contributed by atoms with Crippen molar-refractivity contribution < 1.29 is 18.3 Å². The number of rotatable bonds is 8. The van der Waals surface area contributed by atoms with Gasteiger partial charge in [-0.15, -0.1) is 11.3 Å². The Morgan fingerprint density at radius 3 is 2.74 bits per heavy atom. The molecule has 2 aromatic carbocycles. The van der Waals surface area contributed by atoms with Crippen molar-refractivity contribution in [2.24, 2.45) is 0 Å². The average Bonchev–Trinajstić information content (AvgIpc) is 3.09. The van der Waals surface area contributed by atoms with Gasteiger partial charge < -0.3 is 9.84 Å². The number of aryl methyl sites for hydroxylation is 1. The van der Waals surface area contributed by atoms with E-state index in [2.05, 4.69) is 4.72 Å². The average molecular weight is 406 g/mol. The van der Waals surface area contributed by atoms with Crippen molar-refractivity contribution in [2.75, 3.05) is 13.2 Å². The van der Waals surface area contributed by atoms with Gasteiger partial charge in [0.05, 0.1) is 17.6 Å². The van der Waals surface area contributed by atoms with Crippen molar-refractivity contribution >= 4 is 31.4 Å². The van der Waals surface area contributed by atoms with Crippen LogP contribution in [0.1, 0.15) is 30.6 Å². The van der Waals surface area contributed by atoms with Gasteiger partial charge in [-0.05, 0) is 53.9 Å². The van der Waals surface area contributed by atoms with Crippen LogP contribution in [-0.4, -0.2) is 26.7 Å². The Hall–Kier alpha value is -1.93. The minimum absolute atomic E-state index is 0.0871. The minimum atomic E-state index is -3.72. The molecule has 2 N–H and O–H groups in total. The summed E-state index contributed by atoms with van der Waals surface area (Å²) < 4.78 is 34.3. The van der Waals surface area contributed by atoms with Crippen molar-refractivity contribution in [3.63, 3.8) is 0 Å². The largest absolute Gasteiger partial charge is 0.493 e. The maximum atomic E-state index is 12.6. The van der Waals surface area contributed by atoms with Crippen LogP contribution in [0, 0.1) is 6.92 Å². The lowest BCUT2D eigenvalue weighted by Gasteiger charge is -2.14. The Balaban J connectivity index is 1.72. The van der Waals surface area contributed by atoms with Crippen LogP contribution in [0.4, 0.5) is 0 Å². The zero-order chi connectivity index (χ0) is 19.4. The predicted molar refractivity (Wildman–Crippen MR) is 109 cm³/mol. The number of fused-ring (bicyclic) bond motifs is 1. The molecule has 0 amide bonds. The zero-order valence-electron chi connectivity index (χ0n) is 15.3. The number of nitrogens with one attached hydrogen (secondary N) is 1. The summed E-state index contributed by atoms with van der Waals surface area (Å²) in [6.07, 6.45) is -0.0277. The number of hydrogen-bond donors (Lipinski definition) is 2. The highest BCUT2D eigenvalue weighted by atomic mass is 32.2. The standard InChI is InChI=1S/C20H23NO4S2/c1-3-10-25-19-9-8-15(11-14(19)2)27(23,24)21-12-18(22)17-13-26-20-7-5-4-6-16(17)20/h4-9,11,13,18,21-22H,3,10,12H2,1-2H3. The van der Waals surface area contributed by atoms with Crippen LogP contribution in [0.25, 0.3) is 10.1 Å². The lowest BCUT2D eigenvalue weighted by atomic mass is 10.1. The summed E-state index contributed by atoms with van der Waals surface area (Å²) in [5.41, 5.74) is 1.49. The number of hydrogen-bond acceptors (Lipinski definition) is 5. The first kappa shape index (κ1) is 19.8. The van der Waals surface area contributed by atoms with Crippen molar-refractivity contribution in [3.8, 4) is 5.75 Å². The second kappa shape index (κ2) is 8.39. The van der Waals surface area contributed by atoms with Gasteiger partial charge in [0, 0.05) is 16.8 Å². The zero-order valence-corrected chi connectivity index (χ0v) is 16.9. The fraction of sp³-hybridized carbons (Fsp3) is 0.300. The second-order valence-corrected chi connectivity index (χ2v) is 9.01. The summed E-state index contributed by atoms with van der Waals surface area (Å²) in [6.45, 7) is 4.33. The maximum Gasteiger partial charge on any atom is 0.240 e. The Morgan fingerprint density at radius 2 is 2.00 bits per heavy atom. The second-order valence-electron chi connectivity index (χ2n) is 6.33. The number of benzene rings is 2. The van der Waals surface area contributed by atoms with E-state index in [-0.39, 0.29) is 11.4 Å². The van der Waals surface area contributed by atoms with Gasteiger partial charge in [-0.3, -0.25) is 0 Å². The molecule has 7 heteroatoms. The molecule has 0 saturated heterocycles. The first-order valence-corrected chi connectivity index (χ1v) is 11.2. The molecular formula is C20H23NO4S2. The summed E-state index contributed by atoms with van der Waals surface area (Å²) in [6, 6.07) is 12.5. The van der Waals surface area contributed by atoms with Gasteiger partial charge in [-0.1, -0.05) is 25.1 Å². The molecule has 1 heterocycles. The van der Waals surface area contributed by atoms with Gasteiger partial charge in [0.1, 0.15) is 5.75 Å². The highest BCUT2D eigenvalue weighted by Gasteiger charge is 2.19. The van der Waals surface area contributed by atoms with Crippen LogP contribution >= 0.6 is 11.3 Å². The molecule has 0 aliphatic carbocycles. The summed E-state index contributed by atoms with van der Waals surface area (Å²) in [7, 11) is -3.72. The lowest BCUT2D eigenvalue weighted by Crippen LogP contribution is -2.28. The highest BCUT2D eigenvalue weighted by molar-refractivity contribution is 7.89. The maximum absolute atomic E-state index is 12.6. The first-order chi connectivity index (χ1) is 12.9. The van der Waals surface area contributed by atoms with Crippen LogP contribution in [-0.2, 0) is 10.0 Å². The molecule has 1 aromatic heterocycles. The molecule has 0 aliphatic rings. The predicted octanol–water partition coefficient (Wildman–Crippen LogP) is 4.01. The quantitative estimate of drug-likeness (QED) is 0.594. The van der Waals surface area contributed by atoms with E-state index in [1.165, 1.54) is 17.4 Å². The molecule has 0 radical (unpaired) electrons. The molecule has 0 bridgehead atoms. The molecule has 27 heavy (non-hydrogen) atoms. The van der Waals surface area contributed by atoms with E-state index < -0.39 is 16.1 Å². The third-order valence-electron chi connectivity index (χ3n) is 4.26. The molecule has 0 aliphatic heterocycles. The van der Waals surface area contributed by atoms with Gasteiger partial charge in [0.25, 0.3) is 0 Å². The van der Waals surface area contributed by atoms with Crippen molar-refractivity contribution in [1.82, 2.24) is 4.72 Å². The fourth-order valence-electron chi connectivity index (χ4n) is 2.80. The van der Waals surface area contributed by atoms with E-state index >= 15 is 0 Å². The molecule has 3 rings (SSSR count). The van der Waals surface area contributed by atoms with Gasteiger partial charge in [-0.2, -0.15) is 0 Å². The summed E-state index contributed by atoms with van der Waals surface area (Å²) >= 11 is 1.53. The minimum Gasteiger partial charge on any atom is -0.493 e. The van der Waals surface area contributed by atoms with Gasteiger partial charge in [0.2, 0.25) is 10.0 Å². The molecule has 0 fully saturated rings. The van der Waals surface area contributed by atoms with Crippen LogP contribution in [0.15, 0.2) is 52.7 Å². The van der Waals surface area contributed by atoms with E-state index in [0.29, 0.717) is 12.4 Å². The Morgan fingerprint density at radius 1 is 1.22 bits per heavy atom.